The minimum absolute atomic E-state index is 0.0421. The number of aromatic nitrogens is 5. The van der Waals surface area contributed by atoms with Crippen molar-refractivity contribution in [3.8, 4) is 16.9 Å². The highest BCUT2D eigenvalue weighted by Crippen LogP contribution is 2.32. The van der Waals surface area contributed by atoms with Crippen LogP contribution in [0.15, 0.2) is 78.0 Å². The number of hydrogen-bond acceptors (Lipinski definition) is 3. The molecule has 0 unspecified atom stereocenters. The predicted molar refractivity (Wildman–Crippen MR) is 125 cm³/mol. The molecule has 1 aliphatic carbocycles. The van der Waals surface area contributed by atoms with E-state index in [4.69, 9.17) is 5.10 Å². The summed E-state index contributed by atoms with van der Waals surface area (Å²) in [4.78, 5) is 13.3. The van der Waals surface area contributed by atoms with Crippen LogP contribution in [0.3, 0.4) is 0 Å². The molecule has 0 saturated heterocycles. The van der Waals surface area contributed by atoms with Crippen molar-refractivity contribution in [1.29, 1.82) is 0 Å². The summed E-state index contributed by atoms with van der Waals surface area (Å²) >= 11 is 0. The first kappa shape index (κ1) is 19.0. The number of rotatable bonds is 4. The van der Waals surface area contributed by atoms with Gasteiger partial charge in [0.15, 0.2) is 0 Å². The molecule has 6 rings (SSSR count). The second-order valence-corrected chi connectivity index (χ2v) is 8.70. The molecular formula is C26H25N5O. The number of hydrogen-bond donors (Lipinski definition) is 0. The quantitative estimate of drug-likeness (QED) is 0.407. The third kappa shape index (κ3) is 3.23. The predicted octanol–water partition coefficient (Wildman–Crippen LogP) is 5.04. The van der Waals surface area contributed by atoms with Crippen molar-refractivity contribution in [2.75, 3.05) is 0 Å². The van der Waals surface area contributed by atoms with Crippen molar-refractivity contribution in [2.45, 2.75) is 44.7 Å². The Labute approximate surface area is 186 Å². The van der Waals surface area contributed by atoms with E-state index < -0.39 is 0 Å². The van der Waals surface area contributed by atoms with E-state index in [9.17, 15) is 4.79 Å². The Morgan fingerprint density at radius 3 is 2.53 bits per heavy atom. The molecule has 6 heteroatoms. The number of para-hydroxylation sites is 1. The van der Waals surface area contributed by atoms with Gasteiger partial charge in [-0.1, -0.05) is 49.6 Å². The van der Waals surface area contributed by atoms with Gasteiger partial charge in [0, 0.05) is 30.5 Å². The lowest BCUT2D eigenvalue weighted by molar-refractivity contribution is 0.324. The van der Waals surface area contributed by atoms with Crippen molar-refractivity contribution < 1.29 is 0 Å². The van der Waals surface area contributed by atoms with E-state index in [1.165, 1.54) is 24.8 Å². The Bertz CT molecular complexity index is 1390. The van der Waals surface area contributed by atoms with Crippen LogP contribution in [0, 0.1) is 0 Å². The van der Waals surface area contributed by atoms with Crippen LogP contribution in [-0.4, -0.2) is 24.1 Å². The molecule has 3 aliphatic rings. The third-order valence-corrected chi connectivity index (χ3v) is 6.63. The normalized spacial score (nSPS) is 15.0. The summed E-state index contributed by atoms with van der Waals surface area (Å²) in [5.41, 5.74) is 4.86. The summed E-state index contributed by atoms with van der Waals surface area (Å²) < 4.78 is 5.79. The van der Waals surface area contributed by atoms with Gasteiger partial charge in [-0.15, -0.1) is 0 Å². The van der Waals surface area contributed by atoms with E-state index in [1.807, 2.05) is 35.3 Å². The zero-order chi connectivity index (χ0) is 21.5. The van der Waals surface area contributed by atoms with Crippen LogP contribution in [0.1, 0.15) is 43.7 Å². The summed E-state index contributed by atoms with van der Waals surface area (Å²) in [6, 6.07) is 18.8. The number of fused-ring (bicyclic) bond motifs is 3. The van der Waals surface area contributed by atoms with E-state index in [1.54, 1.807) is 10.9 Å². The highest BCUT2D eigenvalue weighted by atomic mass is 16.1. The summed E-state index contributed by atoms with van der Waals surface area (Å²) in [6.07, 6.45) is 11.4. The maximum absolute atomic E-state index is 13.3. The minimum atomic E-state index is 0.0421. The fourth-order valence-corrected chi connectivity index (χ4v) is 4.97. The first-order valence-corrected chi connectivity index (χ1v) is 11.4. The minimum Gasteiger partial charge on any atom is -0.342 e. The first-order valence-electron chi connectivity index (χ1n) is 11.4. The van der Waals surface area contributed by atoms with Crippen LogP contribution < -0.4 is 5.56 Å². The molecule has 3 heterocycles. The van der Waals surface area contributed by atoms with Gasteiger partial charge in [-0.05, 0) is 42.7 Å². The van der Waals surface area contributed by atoms with Crippen LogP contribution in [0.25, 0.3) is 27.8 Å². The summed E-state index contributed by atoms with van der Waals surface area (Å²) in [6.45, 7) is 0.684. The molecule has 1 saturated carbocycles. The van der Waals surface area contributed by atoms with Gasteiger partial charge in [0.2, 0.25) is 0 Å². The Balaban J connectivity index is 1.43. The number of benzene rings is 2. The van der Waals surface area contributed by atoms with E-state index >= 15 is 0 Å². The highest BCUT2D eigenvalue weighted by molar-refractivity contribution is 5.93. The van der Waals surface area contributed by atoms with Crippen LogP contribution >= 0.6 is 0 Å². The molecule has 3 aromatic rings. The van der Waals surface area contributed by atoms with Gasteiger partial charge >= 0.3 is 0 Å². The summed E-state index contributed by atoms with van der Waals surface area (Å²) in [5, 5.41) is 10.2. The molecule has 1 fully saturated rings. The molecule has 6 nitrogen and oxygen atoms in total. The molecule has 160 valence electrons. The molecular weight excluding hydrogens is 398 g/mol. The zero-order valence-electron chi connectivity index (χ0n) is 17.9. The van der Waals surface area contributed by atoms with Gasteiger partial charge in [-0.2, -0.15) is 10.2 Å². The molecule has 0 bridgehead atoms. The van der Waals surface area contributed by atoms with Gasteiger partial charge < -0.3 is 4.57 Å². The van der Waals surface area contributed by atoms with E-state index in [0.29, 0.717) is 12.1 Å². The molecule has 0 amide bonds. The number of nitrogens with zero attached hydrogens (tertiary/aromatic N) is 5. The maximum atomic E-state index is 13.3. The molecule has 1 aromatic heterocycles. The van der Waals surface area contributed by atoms with Gasteiger partial charge in [-0.3, -0.25) is 4.79 Å². The molecule has 2 aromatic carbocycles. The second kappa shape index (κ2) is 7.79. The molecule has 2 aliphatic heterocycles. The largest absolute Gasteiger partial charge is 0.342 e. The van der Waals surface area contributed by atoms with Gasteiger partial charge in [0.25, 0.3) is 5.56 Å². The van der Waals surface area contributed by atoms with E-state index in [0.717, 1.165) is 35.1 Å². The van der Waals surface area contributed by atoms with E-state index in [2.05, 4.69) is 46.1 Å². The topological polar surface area (TPSA) is 57.6 Å². The SMILES string of the molecule is O=c1c2cn(Cc3ccc(-n4cccn4)cc3)c3ccccc3c-2nn1C1CCCCC1. The van der Waals surface area contributed by atoms with Crippen molar-refractivity contribution in [1.82, 2.24) is 24.1 Å². The van der Waals surface area contributed by atoms with Crippen molar-refractivity contribution in [3.05, 3.63) is 89.1 Å². The van der Waals surface area contributed by atoms with Gasteiger partial charge in [0.05, 0.1) is 22.8 Å². The van der Waals surface area contributed by atoms with Crippen LogP contribution in [0.2, 0.25) is 0 Å². The Morgan fingerprint density at radius 1 is 0.938 bits per heavy atom. The van der Waals surface area contributed by atoms with Crippen LogP contribution in [0.4, 0.5) is 0 Å². The Kier molecular flexibility index (Phi) is 4.63. The monoisotopic (exact) mass is 423 g/mol. The van der Waals surface area contributed by atoms with Gasteiger partial charge in [-0.25, -0.2) is 9.36 Å². The average Bonchev–Trinajstić information content (AvgIpc) is 3.49. The average molecular weight is 424 g/mol. The van der Waals surface area contributed by atoms with Crippen molar-refractivity contribution >= 4 is 10.9 Å². The first-order chi connectivity index (χ1) is 15.8. The molecule has 32 heavy (non-hydrogen) atoms. The molecule has 0 spiro atoms. The van der Waals surface area contributed by atoms with Crippen LogP contribution in [-0.2, 0) is 6.54 Å². The fourth-order valence-electron chi connectivity index (χ4n) is 4.97. The zero-order valence-corrected chi connectivity index (χ0v) is 17.9. The third-order valence-electron chi connectivity index (χ3n) is 6.63. The number of pyridine rings is 1. The lowest BCUT2D eigenvalue weighted by Gasteiger charge is -2.20. The Hall–Kier alpha value is -3.67. The van der Waals surface area contributed by atoms with Gasteiger partial charge in [0.1, 0.15) is 5.69 Å². The second-order valence-electron chi connectivity index (χ2n) is 8.70. The van der Waals surface area contributed by atoms with Crippen LogP contribution in [0.5, 0.6) is 0 Å². The summed E-state index contributed by atoms with van der Waals surface area (Å²) in [7, 11) is 0. The fraction of sp³-hybridized carbons (Fsp3) is 0.269. The van der Waals surface area contributed by atoms with Crippen molar-refractivity contribution in [2.24, 2.45) is 0 Å². The summed E-state index contributed by atoms with van der Waals surface area (Å²) in [5.74, 6) is 0. The maximum Gasteiger partial charge on any atom is 0.278 e. The highest BCUT2D eigenvalue weighted by Gasteiger charge is 2.25. The molecule has 0 radical (unpaired) electrons. The molecule has 0 N–H and O–H groups in total. The lowest BCUT2D eigenvalue weighted by atomic mass is 9.96. The van der Waals surface area contributed by atoms with Crippen molar-refractivity contribution in [3.63, 3.8) is 0 Å². The van der Waals surface area contributed by atoms with E-state index in [-0.39, 0.29) is 11.6 Å². The standard InChI is InChI=1S/C26H25N5O/c32-26-23-18-29(17-19-11-13-20(14-12-19)30-16-6-15-27-30)24-10-5-4-9-22(24)25(23)28-31(26)21-7-2-1-3-8-21/h4-6,9-16,18,21H,1-3,7-8,17H2. The smallest absolute Gasteiger partial charge is 0.278 e. The Morgan fingerprint density at radius 2 is 1.75 bits per heavy atom. The lowest BCUT2D eigenvalue weighted by Crippen LogP contribution is -2.24. The molecule has 0 atom stereocenters.